The molecule has 19 heavy (non-hydrogen) atoms. The van der Waals surface area contributed by atoms with E-state index in [-0.39, 0.29) is 5.69 Å². The van der Waals surface area contributed by atoms with Gasteiger partial charge in [-0.1, -0.05) is 12.7 Å². The predicted octanol–water partition coefficient (Wildman–Crippen LogP) is 2.41. The van der Waals surface area contributed by atoms with E-state index >= 15 is 0 Å². The quantitative estimate of drug-likeness (QED) is 0.474. The van der Waals surface area contributed by atoms with Crippen LogP contribution in [0.4, 0.5) is 17.1 Å². The van der Waals surface area contributed by atoms with Crippen LogP contribution >= 0.6 is 0 Å². The third-order valence-electron chi connectivity index (χ3n) is 3.06. The molecule has 100 valence electrons. The van der Waals surface area contributed by atoms with Crippen molar-refractivity contribution in [2.45, 2.75) is 0 Å². The Kier molecular flexibility index (Phi) is 3.91. The maximum Gasteiger partial charge on any atom is 0.294 e. The Balaban J connectivity index is 2.60. The first kappa shape index (κ1) is 13.2. The monoisotopic (exact) mass is 261 g/mol. The number of nitro benzene ring substituents is 1. The Morgan fingerprint density at radius 3 is 2.63 bits per heavy atom. The maximum atomic E-state index is 11.2. The van der Waals surface area contributed by atoms with Crippen LogP contribution < -0.4 is 4.90 Å². The Bertz CT molecular complexity index is 522. The summed E-state index contributed by atoms with van der Waals surface area (Å²) in [7, 11) is 0. The van der Waals surface area contributed by atoms with Gasteiger partial charge in [-0.05, 0) is 12.8 Å². The summed E-state index contributed by atoms with van der Waals surface area (Å²) in [6.07, 6.45) is 1.62. The highest BCUT2D eigenvalue weighted by atomic mass is 16.6. The minimum Gasteiger partial charge on any atom is -0.378 e. The number of hydrogen-bond donors (Lipinski definition) is 0. The van der Waals surface area contributed by atoms with Gasteiger partial charge >= 0.3 is 0 Å². The molecule has 2 rings (SSSR count). The zero-order valence-electron chi connectivity index (χ0n) is 10.5. The molecule has 0 spiro atoms. The van der Waals surface area contributed by atoms with E-state index in [1.54, 1.807) is 12.1 Å². The average molecular weight is 261 g/mol. The van der Waals surface area contributed by atoms with E-state index in [2.05, 4.69) is 18.3 Å². The van der Waals surface area contributed by atoms with Crippen LogP contribution in [0.1, 0.15) is 5.56 Å². The van der Waals surface area contributed by atoms with Crippen LogP contribution in [0.15, 0.2) is 23.7 Å². The molecule has 0 bridgehead atoms. The van der Waals surface area contributed by atoms with Gasteiger partial charge in [0.1, 0.15) is 5.69 Å². The van der Waals surface area contributed by atoms with Crippen LogP contribution in [0.25, 0.3) is 6.08 Å². The molecule has 6 heteroatoms. The molecular formula is C13H15N3O3. The van der Waals surface area contributed by atoms with E-state index in [1.165, 1.54) is 6.07 Å². The summed E-state index contributed by atoms with van der Waals surface area (Å²) in [5.41, 5.74) is 1.78. The normalized spacial score (nSPS) is 15.1. The van der Waals surface area contributed by atoms with Gasteiger partial charge in [0.25, 0.3) is 5.69 Å². The fraction of sp³-hybridized carbons (Fsp3) is 0.308. The number of rotatable bonds is 4. The number of benzene rings is 1. The molecule has 1 aromatic carbocycles. The third-order valence-corrected chi connectivity index (χ3v) is 3.06. The second-order valence-corrected chi connectivity index (χ2v) is 4.09. The second-order valence-electron chi connectivity index (χ2n) is 4.09. The van der Waals surface area contributed by atoms with E-state index < -0.39 is 4.92 Å². The van der Waals surface area contributed by atoms with Crippen LogP contribution in [-0.2, 0) is 4.74 Å². The van der Waals surface area contributed by atoms with Gasteiger partial charge in [0.15, 0.2) is 0 Å². The Morgan fingerprint density at radius 1 is 1.42 bits per heavy atom. The number of nitrogens with zero attached hydrogens (tertiary/aromatic N) is 3. The van der Waals surface area contributed by atoms with Crippen LogP contribution in [-0.4, -0.2) is 37.9 Å². The minimum absolute atomic E-state index is 0.0369. The number of aliphatic imine (C=N–C) groups is 1. The Morgan fingerprint density at radius 2 is 2.11 bits per heavy atom. The largest absolute Gasteiger partial charge is 0.378 e. The summed E-state index contributed by atoms with van der Waals surface area (Å²) < 4.78 is 5.27. The first-order valence-electron chi connectivity index (χ1n) is 5.92. The van der Waals surface area contributed by atoms with Gasteiger partial charge in [0.05, 0.1) is 23.8 Å². The van der Waals surface area contributed by atoms with Gasteiger partial charge < -0.3 is 9.64 Å². The van der Waals surface area contributed by atoms with Gasteiger partial charge in [-0.3, -0.25) is 15.1 Å². The fourth-order valence-electron chi connectivity index (χ4n) is 2.16. The fourth-order valence-corrected chi connectivity index (χ4v) is 2.16. The van der Waals surface area contributed by atoms with Crippen molar-refractivity contribution < 1.29 is 9.66 Å². The zero-order chi connectivity index (χ0) is 13.8. The number of morpholine rings is 1. The molecule has 1 fully saturated rings. The van der Waals surface area contributed by atoms with Gasteiger partial charge in [-0.2, -0.15) is 0 Å². The number of anilines is 1. The molecule has 6 nitrogen and oxygen atoms in total. The summed E-state index contributed by atoms with van der Waals surface area (Å²) in [6.45, 7) is 9.51. The van der Waals surface area contributed by atoms with Crippen molar-refractivity contribution in [3.8, 4) is 0 Å². The molecule has 0 N–H and O–H groups in total. The molecule has 1 saturated heterocycles. The van der Waals surface area contributed by atoms with E-state index in [4.69, 9.17) is 4.74 Å². The topological polar surface area (TPSA) is 68.0 Å². The molecule has 0 aliphatic carbocycles. The smallest absolute Gasteiger partial charge is 0.294 e. The first-order valence-corrected chi connectivity index (χ1v) is 5.92. The molecule has 1 heterocycles. The maximum absolute atomic E-state index is 11.2. The summed E-state index contributed by atoms with van der Waals surface area (Å²) in [6, 6.07) is 3.12. The summed E-state index contributed by atoms with van der Waals surface area (Å²) >= 11 is 0. The van der Waals surface area contributed by atoms with Crippen molar-refractivity contribution in [1.29, 1.82) is 0 Å². The number of nitro groups is 1. The van der Waals surface area contributed by atoms with E-state index in [1.807, 2.05) is 4.90 Å². The van der Waals surface area contributed by atoms with Gasteiger partial charge in [-0.25, -0.2) is 0 Å². The highest BCUT2D eigenvalue weighted by molar-refractivity contribution is 5.85. The molecule has 0 saturated carbocycles. The van der Waals surface area contributed by atoms with Crippen molar-refractivity contribution >= 4 is 29.9 Å². The SMILES string of the molecule is C=Cc1ccc([N+](=O)[O-])c(N2CCOCC2)c1N=C. The van der Waals surface area contributed by atoms with Crippen molar-refractivity contribution in [3.63, 3.8) is 0 Å². The predicted molar refractivity (Wildman–Crippen MR) is 75.4 cm³/mol. The average Bonchev–Trinajstić information content (AvgIpc) is 2.46. The molecule has 0 amide bonds. The van der Waals surface area contributed by atoms with Crippen molar-refractivity contribution in [3.05, 3.63) is 34.4 Å². The molecule has 1 aliphatic rings. The highest BCUT2D eigenvalue weighted by Crippen LogP contribution is 2.41. The summed E-state index contributed by atoms with van der Waals surface area (Å²) in [5, 5.41) is 11.2. The van der Waals surface area contributed by atoms with Crippen LogP contribution in [0.3, 0.4) is 0 Å². The molecule has 1 aliphatic heterocycles. The zero-order valence-corrected chi connectivity index (χ0v) is 10.5. The highest BCUT2D eigenvalue weighted by Gasteiger charge is 2.26. The lowest BCUT2D eigenvalue weighted by Gasteiger charge is -2.29. The van der Waals surface area contributed by atoms with Crippen LogP contribution in [0.5, 0.6) is 0 Å². The lowest BCUT2D eigenvalue weighted by Crippen LogP contribution is -2.36. The molecule has 0 radical (unpaired) electrons. The van der Waals surface area contributed by atoms with Crippen LogP contribution in [0, 0.1) is 10.1 Å². The molecular weight excluding hydrogens is 246 g/mol. The number of hydrogen-bond acceptors (Lipinski definition) is 5. The third kappa shape index (κ3) is 2.48. The van der Waals surface area contributed by atoms with Crippen molar-refractivity contribution in [2.75, 3.05) is 31.2 Å². The van der Waals surface area contributed by atoms with E-state index in [9.17, 15) is 10.1 Å². The minimum atomic E-state index is -0.396. The lowest BCUT2D eigenvalue weighted by molar-refractivity contribution is -0.384. The molecule has 0 atom stereocenters. The number of ether oxygens (including phenoxy) is 1. The van der Waals surface area contributed by atoms with Crippen molar-refractivity contribution in [2.24, 2.45) is 4.99 Å². The Labute approximate surface area is 111 Å². The van der Waals surface area contributed by atoms with Crippen molar-refractivity contribution in [1.82, 2.24) is 0 Å². The summed E-state index contributed by atoms with van der Waals surface area (Å²) in [5.74, 6) is 0. The molecule has 0 aromatic heterocycles. The van der Waals surface area contributed by atoms with Gasteiger partial charge in [0, 0.05) is 24.7 Å². The standard InChI is InChI=1S/C13H15N3O3/c1-3-10-4-5-11(16(17)18)13(12(10)14-2)15-6-8-19-9-7-15/h3-5H,1-2,6-9H2. The van der Waals surface area contributed by atoms with Crippen LogP contribution in [0.2, 0.25) is 0 Å². The molecule has 1 aromatic rings. The lowest BCUT2D eigenvalue weighted by atomic mass is 10.1. The molecule has 0 unspecified atom stereocenters. The first-order chi connectivity index (χ1) is 9.19. The van der Waals surface area contributed by atoms with Gasteiger partial charge in [0.2, 0.25) is 0 Å². The Hall–Kier alpha value is -2.21. The second kappa shape index (κ2) is 5.62. The van der Waals surface area contributed by atoms with Gasteiger partial charge in [-0.15, -0.1) is 0 Å². The van der Waals surface area contributed by atoms with E-state index in [0.29, 0.717) is 37.7 Å². The van der Waals surface area contributed by atoms with E-state index in [0.717, 1.165) is 5.56 Å². The summed E-state index contributed by atoms with van der Waals surface area (Å²) in [4.78, 5) is 16.7.